The molecule has 0 saturated heterocycles. The van der Waals surface area contributed by atoms with E-state index in [1.807, 2.05) is 19.9 Å². The van der Waals surface area contributed by atoms with Crippen LogP contribution < -0.4 is 10.6 Å². The molecule has 0 aliphatic carbocycles. The van der Waals surface area contributed by atoms with Crippen molar-refractivity contribution in [1.82, 2.24) is 24.9 Å². The summed E-state index contributed by atoms with van der Waals surface area (Å²) in [6.45, 7) is 6.33. The van der Waals surface area contributed by atoms with Crippen LogP contribution in [0.1, 0.15) is 41.8 Å². The molecule has 0 saturated carbocycles. The fraction of sp³-hybridized carbons (Fsp3) is 0.333. The Morgan fingerprint density at radius 2 is 2.15 bits per heavy atom. The predicted octanol–water partition coefficient (Wildman–Crippen LogP) is 2.13. The molecule has 142 valence electrons. The van der Waals surface area contributed by atoms with Crippen molar-refractivity contribution in [3.8, 4) is 0 Å². The molecule has 0 aliphatic rings. The van der Waals surface area contributed by atoms with Crippen molar-refractivity contribution in [3.63, 3.8) is 0 Å². The van der Waals surface area contributed by atoms with E-state index < -0.39 is 11.9 Å². The highest BCUT2D eigenvalue weighted by atomic mass is 16.3. The number of hydrogen-bond donors (Lipinski definition) is 2. The second-order valence-electron chi connectivity index (χ2n) is 6.09. The number of furan rings is 1. The highest BCUT2D eigenvalue weighted by molar-refractivity contribution is 6.02. The van der Waals surface area contributed by atoms with Gasteiger partial charge >= 0.3 is 0 Å². The lowest BCUT2D eigenvalue weighted by molar-refractivity contribution is -0.119. The first-order valence-corrected chi connectivity index (χ1v) is 8.68. The molecule has 9 heteroatoms. The number of nitrogens with one attached hydrogen (secondary N) is 2. The molecule has 0 radical (unpaired) electrons. The Bertz CT molecular complexity index is 925. The van der Waals surface area contributed by atoms with Gasteiger partial charge in [0, 0.05) is 24.6 Å². The van der Waals surface area contributed by atoms with E-state index in [9.17, 15) is 9.59 Å². The first-order chi connectivity index (χ1) is 13.0. The number of nitrogens with zero attached hydrogens (tertiary/aromatic N) is 4. The largest absolute Gasteiger partial charge is 0.467 e. The summed E-state index contributed by atoms with van der Waals surface area (Å²) >= 11 is 0. The number of amides is 2. The van der Waals surface area contributed by atoms with Gasteiger partial charge in [-0.25, -0.2) is 0 Å². The number of carbonyl (C=O) groups excluding carboxylic acids is 2. The molecular formula is C18H22N6O3. The molecule has 3 aromatic heterocycles. The Morgan fingerprint density at radius 1 is 1.33 bits per heavy atom. The fourth-order valence-corrected chi connectivity index (χ4v) is 2.64. The molecule has 1 unspecified atom stereocenters. The summed E-state index contributed by atoms with van der Waals surface area (Å²) < 4.78 is 8.42. The molecule has 3 heterocycles. The topological polar surface area (TPSA) is 107 Å². The fourth-order valence-electron chi connectivity index (χ4n) is 2.64. The second kappa shape index (κ2) is 7.90. The number of hydrogen-bond acceptors (Lipinski definition) is 5. The maximum atomic E-state index is 12.6. The van der Waals surface area contributed by atoms with Crippen molar-refractivity contribution in [3.05, 3.63) is 54.0 Å². The van der Waals surface area contributed by atoms with Crippen LogP contribution in [0, 0.1) is 6.92 Å². The number of aromatic nitrogens is 4. The van der Waals surface area contributed by atoms with Gasteiger partial charge in [-0.15, -0.1) is 0 Å². The summed E-state index contributed by atoms with van der Waals surface area (Å²) in [4.78, 5) is 25.2. The monoisotopic (exact) mass is 370 g/mol. The predicted molar refractivity (Wildman–Crippen MR) is 98.1 cm³/mol. The van der Waals surface area contributed by atoms with Crippen LogP contribution in [0.4, 0.5) is 5.69 Å². The van der Waals surface area contributed by atoms with Gasteiger partial charge in [-0.3, -0.25) is 19.0 Å². The first kappa shape index (κ1) is 18.4. The van der Waals surface area contributed by atoms with Gasteiger partial charge in [0.2, 0.25) is 5.91 Å². The minimum Gasteiger partial charge on any atom is -0.467 e. The number of rotatable bonds is 7. The lowest BCUT2D eigenvalue weighted by atomic mass is 10.2. The van der Waals surface area contributed by atoms with Crippen molar-refractivity contribution < 1.29 is 14.0 Å². The van der Waals surface area contributed by atoms with Crippen LogP contribution in [0.5, 0.6) is 0 Å². The van der Waals surface area contributed by atoms with Gasteiger partial charge in [0.1, 0.15) is 11.8 Å². The summed E-state index contributed by atoms with van der Waals surface area (Å²) in [5.41, 5.74) is 1.38. The zero-order valence-electron chi connectivity index (χ0n) is 15.5. The molecule has 0 spiro atoms. The highest BCUT2D eigenvalue weighted by Crippen LogP contribution is 2.17. The van der Waals surface area contributed by atoms with Crippen LogP contribution in [-0.2, 0) is 17.9 Å². The standard InChI is InChI=1S/C18H22N6O3/c1-4-23-11-15(21-17(25)13(3)24-12(2)7-8-20-24)16(22-23)18(26)19-10-14-6-5-9-27-14/h5-9,11,13H,4,10H2,1-3H3,(H,19,26)(H,21,25). The van der Waals surface area contributed by atoms with Crippen molar-refractivity contribution >= 4 is 17.5 Å². The summed E-state index contributed by atoms with van der Waals surface area (Å²) in [6.07, 6.45) is 4.82. The molecule has 27 heavy (non-hydrogen) atoms. The molecule has 0 aromatic carbocycles. The summed E-state index contributed by atoms with van der Waals surface area (Å²) in [7, 11) is 0. The Morgan fingerprint density at radius 3 is 2.78 bits per heavy atom. The van der Waals surface area contributed by atoms with E-state index in [-0.39, 0.29) is 18.1 Å². The molecule has 2 N–H and O–H groups in total. The average Bonchev–Trinajstić information content (AvgIpc) is 3.40. The zero-order chi connectivity index (χ0) is 19.4. The summed E-state index contributed by atoms with van der Waals surface area (Å²) in [5, 5.41) is 13.9. The average molecular weight is 370 g/mol. The molecule has 0 bridgehead atoms. The normalized spacial score (nSPS) is 12.0. The smallest absolute Gasteiger partial charge is 0.274 e. The number of carbonyl (C=O) groups is 2. The van der Waals surface area contributed by atoms with Crippen LogP contribution in [0.2, 0.25) is 0 Å². The van der Waals surface area contributed by atoms with E-state index in [1.54, 1.807) is 40.8 Å². The third-order valence-electron chi connectivity index (χ3n) is 4.18. The highest BCUT2D eigenvalue weighted by Gasteiger charge is 2.22. The molecule has 3 rings (SSSR count). The molecule has 1 atom stereocenters. The van der Waals surface area contributed by atoms with Gasteiger partial charge in [0.25, 0.3) is 5.91 Å². The van der Waals surface area contributed by atoms with Gasteiger partial charge in [-0.2, -0.15) is 10.2 Å². The quantitative estimate of drug-likeness (QED) is 0.662. The zero-order valence-corrected chi connectivity index (χ0v) is 15.5. The third-order valence-corrected chi connectivity index (χ3v) is 4.18. The SMILES string of the molecule is CCn1cc(NC(=O)C(C)n2nccc2C)c(C(=O)NCc2ccco2)n1. The van der Waals surface area contributed by atoms with Gasteiger partial charge < -0.3 is 15.1 Å². The van der Waals surface area contributed by atoms with Gasteiger partial charge in [0.05, 0.1) is 18.5 Å². The second-order valence-corrected chi connectivity index (χ2v) is 6.09. The van der Waals surface area contributed by atoms with E-state index in [4.69, 9.17) is 4.42 Å². The van der Waals surface area contributed by atoms with E-state index in [2.05, 4.69) is 20.8 Å². The lowest BCUT2D eigenvalue weighted by Crippen LogP contribution is -2.28. The van der Waals surface area contributed by atoms with Crippen LogP contribution >= 0.6 is 0 Å². The summed E-state index contributed by atoms with van der Waals surface area (Å²) in [6, 6.07) is 4.81. The number of aryl methyl sites for hydroxylation is 2. The van der Waals surface area contributed by atoms with E-state index >= 15 is 0 Å². The van der Waals surface area contributed by atoms with Crippen molar-refractivity contribution in [1.29, 1.82) is 0 Å². The Kier molecular flexibility index (Phi) is 5.39. The minimum absolute atomic E-state index is 0.154. The number of anilines is 1. The first-order valence-electron chi connectivity index (χ1n) is 8.68. The lowest BCUT2D eigenvalue weighted by Gasteiger charge is -2.14. The molecule has 0 aliphatic heterocycles. The molecule has 2 amide bonds. The van der Waals surface area contributed by atoms with E-state index in [0.717, 1.165) is 5.69 Å². The van der Waals surface area contributed by atoms with E-state index in [0.29, 0.717) is 18.0 Å². The minimum atomic E-state index is -0.524. The van der Waals surface area contributed by atoms with E-state index in [1.165, 1.54) is 6.26 Å². The van der Waals surface area contributed by atoms with Gasteiger partial charge in [0.15, 0.2) is 5.69 Å². The van der Waals surface area contributed by atoms with Crippen LogP contribution in [0.25, 0.3) is 0 Å². The maximum absolute atomic E-state index is 12.6. The van der Waals surface area contributed by atoms with Crippen LogP contribution in [0.15, 0.2) is 41.3 Å². The molecule has 3 aromatic rings. The van der Waals surface area contributed by atoms with Crippen molar-refractivity contribution in [2.75, 3.05) is 5.32 Å². The maximum Gasteiger partial charge on any atom is 0.274 e. The molecule has 0 fully saturated rings. The Balaban J connectivity index is 1.74. The molecular weight excluding hydrogens is 348 g/mol. The summed E-state index contributed by atoms with van der Waals surface area (Å²) in [5.74, 6) is -0.0407. The van der Waals surface area contributed by atoms with Crippen LogP contribution in [0.3, 0.4) is 0 Å². The Labute approximate surface area is 156 Å². The van der Waals surface area contributed by atoms with Crippen LogP contribution in [-0.4, -0.2) is 31.4 Å². The van der Waals surface area contributed by atoms with Gasteiger partial charge in [-0.1, -0.05) is 0 Å². The molecule has 9 nitrogen and oxygen atoms in total. The third kappa shape index (κ3) is 4.08. The van der Waals surface area contributed by atoms with Crippen molar-refractivity contribution in [2.45, 2.75) is 39.9 Å². The van der Waals surface area contributed by atoms with Gasteiger partial charge in [-0.05, 0) is 39.0 Å². The Hall–Kier alpha value is -3.36. The van der Waals surface area contributed by atoms with Crippen molar-refractivity contribution in [2.24, 2.45) is 0 Å².